The molecule has 0 saturated carbocycles. The Labute approximate surface area is 381 Å². The summed E-state index contributed by atoms with van der Waals surface area (Å²) in [6, 6.07) is 67.2. The SMILES string of the molecule is C=C(N=C(N=C(C)c1ccccc1)c1cncc(-c2ccc3c(c2)c2ccccc2n3-c2ccc(/C(=C/C=C\CN(C)c3ccccc3)C(=C)c3ccccc3)cc2)c1)c1ccccc1. The van der Waals surface area contributed by atoms with Gasteiger partial charge in [0.15, 0.2) is 5.84 Å². The summed E-state index contributed by atoms with van der Waals surface area (Å²) in [7, 11) is 2.11. The van der Waals surface area contributed by atoms with Crippen LogP contribution in [0.3, 0.4) is 0 Å². The highest BCUT2D eigenvalue weighted by atomic mass is 15.1. The summed E-state index contributed by atoms with van der Waals surface area (Å²) in [5, 5.41) is 2.33. The highest BCUT2D eigenvalue weighted by Crippen LogP contribution is 2.36. The monoisotopic (exact) mass is 839 g/mol. The van der Waals surface area contributed by atoms with Crippen LogP contribution >= 0.6 is 0 Å². The topological polar surface area (TPSA) is 45.8 Å². The molecule has 0 amide bonds. The van der Waals surface area contributed by atoms with Crippen LogP contribution in [0.25, 0.3) is 55.5 Å². The Hall–Kier alpha value is -8.41. The predicted octanol–water partition coefficient (Wildman–Crippen LogP) is 14.6. The van der Waals surface area contributed by atoms with Crippen LogP contribution in [0.15, 0.2) is 248 Å². The molecule has 9 aromatic rings. The fourth-order valence-corrected chi connectivity index (χ4v) is 8.16. The molecule has 0 aliphatic heterocycles. The molecule has 0 unspecified atom stereocenters. The van der Waals surface area contributed by atoms with Gasteiger partial charge >= 0.3 is 0 Å². The van der Waals surface area contributed by atoms with Crippen molar-refractivity contribution in [2.45, 2.75) is 6.92 Å². The van der Waals surface area contributed by atoms with Crippen LogP contribution in [0.2, 0.25) is 0 Å². The number of aliphatic imine (C=N–C) groups is 2. The van der Waals surface area contributed by atoms with Gasteiger partial charge in [0, 0.05) is 65.0 Å². The van der Waals surface area contributed by atoms with Crippen molar-refractivity contribution in [3.63, 3.8) is 0 Å². The van der Waals surface area contributed by atoms with Crippen molar-refractivity contribution in [1.82, 2.24) is 9.55 Å². The zero-order valence-electron chi connectivity index (χ0n) is 36.7. The number of hydrogen-bond acceptors (Lipinski definition) is 3. The lowest BCUT2D eigenvalue weighted by Crippen LogP contribution is -2.16. The first-order valence-corrected chi connectivity index (χ1v) is 21.8. The molecule has 0 radical (unpaired) electrons. The Morgan fingerprint density at radius 3 is 1.89 bits per heavy atom. The number of anilines is 1. The van der Waals surface area contributed by atoms with Crippen molar-refractivity contribution in [2.75, 3.05) is 18.5 Å². The van der Waals surface area contributed by atoms with Gasteiger partial charge in [0.2, 0.25) is 0 Å². The zero-order valence-corrected chi connectivity index (χ0v) is 36.7. The number of para-hydroxylation sites is 2. The Morgan fingerprint density at radius 2 is 1.18 bits per heavy atom. The van der Waals surface area contributed by atoms with Gasteiger partial charge in [-0.15, -0.1) is 0 Å². The average molecular weight is 840 g/mol. The number of pyridine rings is 1. The lowest BCUT2D eigenvalue weighted by Gasteiger charge is -2.16. The van der Waals surface area contributed by atoms with Crippen LogP contribution < -0.4 is 4.90 Å². The van der Waals surface area contributed by atoms with Gasteiger partial charge in [-0.1, -0.05) is 177 Å². The molecule has 0 aliphatic carbocycles. The maximum Gasteiger partial charge on any atom is 0.161 e. The van der Waals surface area contributed by atoms with Gasteiger partial charge in [-0.25, -0.2) is 9.98 Å². The smallest absolute Gasteiger partial charge is 0.161 e. The van der Waals surface area contributed by atoms with Crippen molar-refractivity contribution in [1.29, 1.82) is 0 Å². The zero-order chi connectivity index (χ0) is 44.5. The molecule has 5 heteroatoms. The lowest BCUT2D eigenvalue weighted by molar-refractivity contribution is 1.03. The van der Waals surface area contributed by atoms with E-state index < -0.39 is 0 Å². The third-order valence-corrected chi connectivity index (χ3v) is 11.7. The van der Waals surface area contributed by atoms with Crippen LogP contribution in [0.4, 0.5) is 5.69 Å². The minimum atomic E-state index is 0.549. The van der Waals surface area contributed by atoms with Crippen LogP contribution in [-0.4, -0.2) is 34.7 Å². The number of hydrogen-bond donors (Lipinski definition) is 0. The molecule has 2 heterocycles. The van der Waals surface area contributed by atoms with E-state index in [1.165, 1.54) is 11.1 Å². The van der Waals surface area contributed by atoms with Crippen LogP contribution in [0.5, 0.6) is 0 Å². The van der Waals surface area contributed by atoms with E-state index in [1.54, 1.807) is 0 Å². The number of nitrogens with zero attached hydrogens (tertiary/aromatic N) is 5. The molecular weight excluding hydrogens is 791 g/mol. The quantitative estimate of drug-likeness (QED) is 0.0659. The second-order valence-corrected chi connectivity index (χ2v) is 16.0. The highest BCUT2D eigenvalue weighted by molar-refractivity contribution is 6.14. The van der Waals surface area contributed by atoms with Gasteiger partial charge in [0.25, 0.3) is 0 Å². The number of allylic oxidation sites excluding steroid dienone is 4. The summed E-state index contributed by atoms with van der Waals surface area (Å²) in [4.78, 5) is 17.0. The Morgan fingerprint density at radius 1 is 0.569 bits per heavy atom. The standard InChI is InChI=1S/C60H49N5/c1-43(46-21-9-5-10-22-46)55(29-19-20-38-64(4)53-27-15-8-16-28-53)49-32-35-54(36-33-49)65-58-31-18-17-30-56(58)57-40-50(34-37-59(57)65)51-39-52(42-61-41-51)60(62-44(2)47-23-11-6-12-24-47)63-45(3)48-25-13-7-14-26-48/h5-37,39-42H,1-2,38H2,3-4H3/b20-19-,55-29+,62-60?,63-45?. The van der Waals surface area contributed by atoms with Gasteiger partial charge in [-0.05, 0) is 94.4 Å². The number of amidine groups is 1. The van der Waals surface area contributed by atoms with Crippen molar-refractivity contribution in [3.05, 3.63) is 266 Å². The lowest BCUT2D eigenvalue weighted by atomic mass is 9.93. The molecule has 0 spiro atoms. The summed E-state index contributed by atoms with van der Waals surface area (Å²) in [6.07, 6.45) is 10.2. The Balaban J connectivity index is 1.06. The predicted molar refractivity (Wildman–Crippen MR) is 277 cm³/mol. The second-order valence-electron chi connectivity index (χ2n) is 16.0. The van der Waals surface area contributed by atoms with Gasteiger partial charge in [0.05, 0.1) is 16.7 Å². The number of fused-ring (bicyclic) bond motifs is 3. The van der Waals surface area contributed by atoms with Crippen LogP contribution in [0.1, 0.15) is 34.7 Å². The summed E-state index contributed by atoms with van der Waals surface area (Å²) in [6.45, 7) is 11.7. The van der Waals surface area contributed by atoms with Gasteiger partial charge < -0.3 is 9.47 Å². The van der Waals surface area contributed by atoms with E-state index in [1.807, 2.05) is 80.0 Å². The fraction of sp³-hybridized carbons (Fsp3) is 0.0500. The first-order valence-electron chi connectivity index (χ1n) is 21.8. The maximum absolute atomic E-state index is 5.07. The maximum atomic E-state index is 5.07. The Bertz CT molecular complexity index is 3250. The molecular formula is C60H49N5. The van der Waals surface area contributed by atoms with Crippen LogP contribution in [0, 0.1) is 0 Å². The first kappa shape index (κ1) is 41.9. The molecule has 65 heavy (non-hydrogen) atoms. The van der Waals surface area contributed by atoms with Gasteiger partial charge in [-0.2, -0.15) is 0 Å². The van der Waals surface area contributed by atoms with E-state index in [0.717, 1.165) is 84.5 Å². The molecule has 0 saturated heterocycles. The van der Waals surface area contributed by atoms with E-state index >= 15 is 0 Å². The number of likely N-dealkylation sites (N-methyl/N-ethyl adjacent to an activating group) is 1. The molecule has 0 atom stereocenters. The first-order chi connectivity index (χ1) is 31.9. The normalized spacial score (nSPS) is 12.2. The molecule has 5 nitrogen and oxygen atoms in total. The van der Waals surface area contributed by atoms with Crippen molar-refractivity contribution in [3.8, 4) is 16.8 Å². The minimum Gasteiger partial charge on any atom is -0.371 e. The number of benzene rings is 7. The molecule has 314 valence electrons. The van der Waals surface area contributed by atoms with E-state index in [9.17, 15) is 0 Å². The number of aromatic nitrogens is 2. The molecule has 7 aromatic carbocycles. The number of rotatable bonds is 13. The molecule has 0 fully saturated rings. The molecule has 2 aromatic heterocycles. The highest BCUT2D eigenvalue weighted by Gasteiger charge is 2.16. The largest absolute Gasteiger partial charge is 0.371 e. The molecule has 0 N–H and O–H groups in total. The Kier molecular flexibility index (Phi) is 12.5. The molecule has 0 aliphatic rings. The fourth-order valence-electron chi connectivity index (χ4n) is 8.16. The van der Waals surface area contributed by atoms with Gasteiger partial charge in [0.1, 0.15) is 0 Å². The summed E-state index contributed by atoms with van der Waals surface area (Å²) in [5.74, 6) is 0.549. The van der Waals surface area contributed by atoms with E-state index in [4.69, 9.17) is 15.0 Å². The van der Waals surface area contributed by atoms with Crippen molar-refractivity contribution >= 4 is 55.9 Å². The van der Waals surface area contributed by atoms with Gasteiger partial charge in [-0.3, -0.25) is 4.98 Å². The minimum absolute atomic E-state index is 0.549. The van der Waals surface area contributed by atoms with Crippen LogP contribution in [-0.2, 0) is 0 Å². The summed E-state index contributed by atoms with van der Waals surface area (Å²) < 4.78 is 2.35. The van der Waals surface area contributed by atoms with Crippen molar-refractivity contribution < 1.29 is 0 Å². The molecule has 0 bridgehead atoms. The summed E-state index contributed by atoms with van der Waals surface area (Å²) >= 11 is 0. The molecule has 9 rings (SSSR count). The van der Waals surface area contributed by atoms with E-state index in [2.05, 4.69) is 181 Å². The van der Waals surface area contributed by atoms with Crippen molar-refractivity contribution in [2.24, 2.45) is 9.98 Å². The second kappa shape index (κ2) is 19.3. The third-order valence-electron chi connectivity index (χ3n) is 11.7. The third kappa shape index (κ3) is 9.36. The summed E-state index contributed by atoms with van der Waals surface area (Å²) in [5.41, 5.74) is 15.0. The van der Waals surface area contributed by atoms with E-state index in [-0.39, 0.29) is 0 Å². The van der Waals surface area contributed by atoms with E-state index in [0.29, 0.717) is 11.5 Å². The average Bonchev–Trinajstić information content (AvgIpc) is 3.70.